The standard InChI is InChI=1S/C36H50F6O4/c1-33-17-15-25-24-14-13-23(43)20-27(24)31(37)26(30(25)28(33)21-29(44)34(33)18-19-34)12-8-6-4-2-3-5-7-10-22(32(45)46)11-9-16-35(38,39)36(40,41)42/h13-14,20,22,25-26,28-31,43-44H,2-12,15-19,21H2,1H3,(H,45,46)/t22?,25?,26-,28?,29+,30?,31+,33-/m0/s1. The lowest BCUT2D eigenvalue weighted by molar-refractivity contribution is -0.284. The van der Waals surface area contributed by atoms with E-state index in [9.17, 15) is 42.1 Å². The molecule has 4 nitrogen and oxygen atoms in total. The summed E-state index contributed by atoms with van der Waals surface area (Å²) in [6.45, 7) is 2.35. The molecular weight excluding hydrogens is 610 g/mol. The van der Waals surface area contributed by atoms with Crippen LogP contribution in [0.4, 0.5) is 26.3 Å². The van der Waals surface area contributed by atoms with Crippen molar-refractivity contribution in [2.75, 3.05) is 0 Å². The fourth-order valence-corrected chi connectivity index (χ4v) is 10.1. The van der Waals surface area contributed by atoms with Crippen molar-refractivity contribution in [3.05, 3.63) is 29.3 Å². The van der Waals surface area contributed by atoms with Crippen molar-refractivity contribution in [1.82, 2.24) is 0 Å². The van der Waals surface area contributed by atoms with Crippen molar-refractivity contribution >= 4 is 5.97 Å². The number of benzene rings is 1. The molecule has 1 spiro atoms. The molecule has 0 saturated heterocycles. The molecule has 0 bridgehead atoms. The number of carboxylic acids is 1. The van der Waals surface area contributed by atoms with Crippen molar-refractivity contribution in [2.45, 2.75) is 146 Å². The molecule has 46 heavy (non-hydrogen) atoms. The summed E-state index contributed by atoms with van der Waals surface area (Å²) in [6.07, 6.45) is 2.59. The van der Waals surface area contributed by atoms with Crippen LogP contribution in [0.2, 0.25) is 0 Å². The normalized spacial score (nSPS) is 32.1. The van der Waals surface area contributed by atoms with Crippen LogP contribution in [0, 0.1) is 34.5 Å². The summed E-state index contributed by atoms with van der Waals surface area (Å²) < 4.78 is 79.8. The van der Waals surface area contributed by atoms with Gasteiger partial charge in [0, 0.05) is 11.8 Å². The topological polar surface area (TPSA) is 77.8 Å². The Morgan fingerprint density at radius 2 is 1.57 bits per heavy atom. The van der Waals surface area contributed by atoms with E-state index in [2.05, 4.69) is 6.92 Å². The zero-order chi connectivity index (χ0) is 33.5. The third-order valence-corrected chi connectivity index (χ3v) is 12.8. The molecule has 8 atom stereocenters. The Morgan fingerprint density at radius 3 is 2.20 bits per heavy atom. The number of alkyl halides is 6. The Balaban J connectivity index is 1.08. The molecule has 1 aromatic carbocycles. The first-order valence-corrected chi connectivity index (χ1v) is 17.5. The fraction of sp³-hybridized carbons (Fsp3) is 0.806. The van der Waals surface area contributed by atoms with Crippen molar-refractivity contribution < 1.29 is 46.5 Å². The maximum absolute atomic E-state index is 16.4. The number of halogens is 6. The number of aliphatic hydroxyl groups excluding tert-OH is 1. The van der Waals surface area contributed by atoms with Gasteiger partial charge in [0.2, 0.25) is 0 Å². The van der Waals surface area contributed by atoms with E-state index >= 15 is 4.39 Å². The number of fused-ring (bicyclic) bond motifs is 6. The van der Waals surface area contributed by atoms with Crippen LogP contribution >= 0.6 is 0 Å². The maximum atomic E-state index is 16.4. The SMILES string of the molecule is C[C@]12CCC3c4ccc(O)cc4[C@H](F)[C@@H](CCCCCCCCCC(CCCC(F)(F)C(F)(F)F)C(=O)O)C3C1C[C@@H](O)C21CC1. The highest BCUT2D eigenvalue weighted by Crippen LogP contribution is 2.77. The molecular formula is C36H50F6O4. The zero-order valence-corrected chi connectivity index (χ0v) is 26.8. The number of phenols is 1. The predicted molar refractivity (Wildman–Crippen MR) is 162 cm³/mol. The van der Waals surface area contributed by atoms with Crippen molar-refractivity contribution in [3.8, 4) is 5.75 Å². The Labute approximate surface area is 268 Å². The lowest BCUT2D eigenvalue weighted by Crippen LogP contribution is -2.47. The minimum atomic E-state index is -5.62. The predicted octanol–water partition coefficient (Wildman–Crippen LogP) is 10.3. The van der Waals surface area contributed by atoms with Gasteiger partial charge in [0.05, 0.1) is 12.0 Å². The van der Waals surface area contributed by atoms with Crippen LogP contribution in [-0.2, 0) is 4.79 Å². The Hall–Kier alpha value is -1.97. The van der Waals surface area contributed by atoms with E-state index in [-0.39, 0.29) is 59.2 Å². The molecule has 4 unspecified atom stereocenters. The van der Waals surface area contributed by atoms with E-state index in [0.717, 1.165) is 82.6 Å². The molecule has 0 aromatic heterocycles. The summed E-state index contributed by atoms with van der Waals surface area (Å²) in [7, 11) is 0. The minimum absolute atomic E-state index is 0.000498. The lowest BCUT2D eigenvalue weighted by Gasteiger charge is -2.54. The van der Waals surface area contributed by atoms with Crippen molar-refractivity contribution in [2.24, 2.45) is 34.5 Å². The highest BCUT2D eigenvalue weighted by atomic mass is 19.4. The number of aromatic hydroxyl groups is 1. The maximum Gasteiger partial charge on any atom is 0.453 e. The van der Waals surface area contributed by atoms with Crippen molar-refractivity contribution in [3.63, 3.8) is 0 Å². The van der Waals surface area contributed by atoms with Gasteiger partial charge in [0.25, 0.3) is 0 Å². The van der Waals surface area contributed by atoms with Gasteiger partial charge < -0.3 is 15.3 Å². The first-order chi connectivity index (χ1) is 21.6. The number of rotatable bonds is 15. The lowest BCUT2D eigenvalue weighted by atomic mass is 9.50. The van der Waals surface area contributed by atoms with Crippen LogP contribution in [0.5, 0.6) is 5.75 Å². The molecule has 260 valence electrons. The molecule has 3 saturated carbocycles. The van der Waals surface area contributed by atoms with Gasteiger partial charge in [0.15, 0.2) is 0 Å². The van der Waals surface area contributed by atoms with Gasteiger partial charge in [-0.3, -0.25) is 4.79 Å². The van der Waals surface area contributed by atoms with E-state index < -0.39 is 43.0 Å². The van der Waals surface area contributed by atoms with E-state index in [4.69, 9.17) is 0 Å². The second-order valence-electron chi connectivity index (χ2n) is 15.2. The van der Waals surface area contributed by atoms with E-state index in [1.807, 2.05) is 6.07 Å². The fourth-order valence-electron chi connectivity index (χ4n) is 10.1. The molecule has 3 N–H and O–H groups in total. The van der Waals surface area contributed by atoms with Gasteiger partial charge >= 0.3 is 18.1 Å². The van der Waals surface area contributed by atoms with Crippen LogP contribution in [0.1, 0.15) is 139 Å². The highest BCUT2D eigenvalue weighted by molar-refractivity contribution is 5.69. The van der Waals surface area contributed by atoms with Crippen LogP contribution in [0.15, 0.2) is 18.2 Å². The van der Waals surface area contributed by atoms with Gasteiger partial charge in [-0.15, -0.1) is 0 Å². The van der Waals surface area contributed by atoms with E-state index in [1.165, 1.54) is 0 Å². The second kappa shape index (κ2) is 13.5. The average Bonchev–Trinajstić information content (AvgIpc) is 3.77. The molecule has 0 amide bonds. The molecule has 5 rings (SSSR count). The molecule has 0 aliphatic heterocycles. The van der Waals surface area contributed by atoms with Gasteiger partial charge in [-0.2, -0.15) is 22.0 Å². The first-order valence-electron chi connectivity index (χ1n) is 17.5. The number of carbonyl (C=O) groups is 1. The molecule has 0 heterocycles. The Kier molecular flexibility index (Phi) is 10.4. The third kappa shape index (κ3) is 6.67. The smallest absolute Gasteiger partial charge is 0.453 e. The van der Waals surface area contributed by atoms with E-state index in [0.29, 0.717) is 12.0 Å². The third-order valence-electron chi connectivity index (χ3n) is 12.8. The summed E-state index contributed by atoms with van der Waals surface area (Å²) in [5, 5.41) is 30.7. The quantitative estimate of drug-likeness (QED) is 0.129. The first kappa shape index (κ1) is 35.3. The molecule has 1 aromatic rings. The molecule has 4 aliphatic rings. The Morgan fingerprint density at radius 1 is 0.935 bits per heavy atom. The molecule has 10 heteroatoms. The zero-order valence-electron chi connectivity index (χ0n) is 26.8. The monoisotopic (exact) mass is 660 g/mol. The van der Waals surface area contributed by atoms with Crippen LogP contribution in [-0.4, -0.2) is 39.5 Å². The highest BCUT2D eigenvalue weighted by Gasteiger charge is 2.71. The molecule has 4 aliphatic carbocycles. The van der Waals surface area contributed by atoms with Crippen LogP contribution in [0.25, 0.3) is 0 Å². The summed E-state index contributed by atoms with van der Waals surface area (Å²) in [5.41, 5.74) is 1.70. The number of carboxylic acid groups (broad SMARTS) is 1. The summed E-state index contributed by atoms with van der Waals surface area (Å²) in [4.78, 5) is 11.5. The van der Waals surface area contributed by atoms with Crippen LogP contribution < -0.4 is 0 Å². The molecule has 3 fully saturated rings. The second-order valence-corrected chi connectivity index (χ2v) is 15.2. The number of phenolic OH excluding ortho intramolecular Hbond substituents is 1. The Bertz CT molecular complexity index is 1220. The van der Waals surface area contributed by atoms with Gasteiger partial charge in [-0.25, -0.2) is 4.39 Å². The number of hydrogen-bond donors (Lipinski definition) is 3. The minimum Gasteiger partial charge on any atom is -0.508 e. The number of unbranched alkanes of at least 4 members (excludes halogenated alkanes) is 6. The van der Waals surface area contributed by atoms with E-state index in [1.54, 1.807) is 12.1 Å². The number of aliphatic hydroxyl groups is 1. The number of aliphatic carboxylic acids is 1. The van der Waals surface area contributed by atoms with Gasteiger partial charge in [-0.1, -0.05) is 57.9 Å². The van der Waals surface area contributed by atoms with Crippen molar-refractivity contribution in [1.29, 1.82) is 0 Å². The summed E-state index contributed by atoms with van der Waals surface area (Å²) in [5.74, 6) is -6.28. The number of hydrogen-bond acceptors (Lipinski definition) is 3. The molecule has 0 radical (unpaired) electrons. The summed E-state index contributed by atoms with van der Waals surface area (Å²) in [6, 6.07) is 5.19. The van der Waals surface area contributed by atoms with Crippen LogP contribution in [0.3, 0.4) is 0 Å². The van der Waals surface area contributed by atoms with Gasteiger partial charge in [0.1, 0.15) is 11.9 Å². The average molecular weight is 661 g/mol. The van der Waals surface area contributed by atoms with Gasteiger partial charge in [-0.05, 0) is 110 Å². The summed E-state index contributed by atoms with van der Waals surface area (Å²) >= 11 is 0. The largest absolute Gasteiger partial charge is 0.508 e.